The first kappa shape index (κ1) is 12.9. The summed E-state index contributed by atoms with van der Waals surface area (Å²) >= 11 is 5.81. The number of carbonyl (C=O) groups excluding carboxylic acids is 1. The summed E-state index contributed by atoms with van der Waals surface area (Å²) in [4.78, 5) is 24.3. The Morgan fingerprint density at radius 2 is 2.06 bits per heavy atom. The third kappa shape index (κ3) is 2.48. The fraction of sp³-hybridized carbons (Fsp3) is 0.385. The molecule has 96 valence electrons. The summed E-state index contributed by atoms with van der Waals surface area (Å²) in [5, 5.41) is 9.58. The van der Waals surface area contributed by atoms with Crippen LogP contribution in [0.15, 0.2) is 24.3 Å². The number of benzene rings is 1. The maximum absolute atomic E-state index is 11.8. The summed E-state index contributed by atoms with van der Waals surface area (Å²) < 4.78 is 0. The van der Waals surface area contributed by atoms with Gasteiger partial charge in [-0.25, -0.2) is 0 Å². The summed E-state index contributed by atoms with van der Waals surface area (Å²) in [6.07, 6.45) is 0.0905. The summed E-state index contributed by atoms with van der Waals surface area (Å²) in [5.41, 5.74) is 0.957. The van der Waals surface area contributed by atoms with Crippen LogP contribution in [0.3, 0.4) is 0 Å². The molecule has 1 aliphatic heterocycles. The van der Waals surface area contributed by atoms with E-state index in [4.69, 9.17) is 16.7 Å². The zero-order valence-electron chi connectivity index (χ0n) is 9.97. The van der Waals surface area contributed by atoms with E-state index in [-0.39, 0.29) is 24.9 Å². The smallest absolute Gasteiger partial charge is 0.308 e. The Kier molecular flexibility index (Phi) is 3.57. The van der Waals surface area contributed by atoms with Gasteiger partial charge in [0.15, 0.2) is 0 Å². The minimum atomic E-state index is -0.908. The van der Waals surface area contributed by atoms with Crippen molar-refractivity contribution < 1.29 is 14.7 Å². The lowest BCUT2D eigenvalue weighted by atomic mass is 10.1. The second-order valence-corrected chi connectivity index (χ2v) is 4.95. The van der Waals surface area contributed by atoms with Crippen LogP contribution < -0.4 is 0 Å². The number of carboxylic acids is 1. The van der Waals surface area contributed by atoms with E-state index in [2.05, 4.69) is 0 Å². The number of aliphatic carboxylic acids is 1. The largest absolute Gasteiger partial charge is 0.481 e. The van der Waals surface area contributed by atoms with Crippen molar-refractivity contribution >= 4 is 23.5 Å². The van der Waals surface area contributed by atoms with E-state index in [1.807, 2.05) is 19.1 Å². The van der Waals surface area contributed by atoms with Crippen molar-refractivity contribution in [1.29, 1.82) is 0 Å². The molecule has 1 amide bonds. The van der Waals surface area contributed by atoms with E-state index in [9.17, 15) is 9.59 Å². The molecule has 2 rings (SSSR count). The first-order chi connectivity index (χ1) is 8.49. The van der Waals surface area contributed by atoms with Crippen LogP contribution >= 0.6 is 11.6 Å². The predicted octanol–water partition coefficient (Wildman–Crippen LogP) is 2.33. The normalized spacial score (nSPS) is 21.1. The van der Waals surface area contributed by atoms with Gasteiger partial charge in [-0.1, -0.05) is 23.7 Å². The maximum Gasteiger partial charge on any atom is 0.308 e. The van der Waals surface area contributed by atoms with Gasteiger partial charge >= 0.3 is 5.97 Å². The average molecular weight is 268 g/mol. The Bertz CT molecular complexity index is 472. The van der Waals surface area contributed by atoms with Crippen molar-refractivity contribution in [2.75, 3.05) is 6.54 Å². The summed E-state index contributed by atoms with van der Waals surface area (Å²) in [6.45, 7) is 2.17. The molecule has 0 aromatic heterocycles. The second-order valence-electron chi connectivity index (χ2n) is 4.51. The Morgan fingerprint density at radius 3 is 2.56 bits per heavy atom. The van der Waals surface area contributed by atoms with Gasteiger partial charge in [-0.05, 0) is 24.6 Å². The van der Waals surface area contributed by atoms with Gasteiger partial charge in [-0.2, -0.15) is 0 Å². The van der Waals surface area contributed by atoms with Crippen molar-refractivity contribution in [3.8, 4) is 0 Å². The van der Waals surface area contributed by atoms with Crippen molar-refractivity contribution in [3.05, 3.63) is 34.9 Å². The lowest BCUT2D eigenvalue weighted by Gasteiger charge is -2.25. The quantitative estimate of drug-likeness (QED) is 0.914. The van der Waals surface area contributed by atoms with E-state index in [0.29, 0.717) is 5.02 Å². The zero-order valence-corrected chi connectivity index (χ0v) is 10.7. The van der Waals surface area contributed by atoms with Crippen molar-refractivity contribution in [2.24, 2.45) is 5.92 Å². The maximum atomic E-state index is 11.8. The molecule has 1 heterocycles. The fourth-order valence-electron chi connectivity index (χ4n) is 2.19. The molecule has 0 radical (unpaired) electrons. The lowest BCUT2D eigenvalue weighted by molar-refractivity contribution is -0.141. The molecule has 4 nitrogen and oxygen atoms in total. The van der Waals surface area contributed by atoms with E-state index < -0.39 is 11.9 Å². The van der Waals surface area contributed by atoms with Gasteiger partial charge in [-0.15, -0.1) is 0 Å². The van der Waals surface area contributed by atoms with Crippen LogP contribution in [0.2, 0.25) is 5.02 Å². The molecule has 0 spiro atoms. The van der Waals surface area contributed by atoms with Gasteiger partial charge in [0.2, 0.25) is 5.91 Å². The number of likely N-dealkylation sites (tertiary alicyclic amines) is 1. The molecule has 0 aliphatic carbocycles. The van der Waals surface area contributed by atoms with Crippen molar-refractivity contribution in [1.82, 2.24) is 4.90 Å². The van der Waals surface area contributed by atoms with Crippen LogP contribution in [0, 0.1) is 5.92 Å². The monoisotopic (exact) mass is 267 g/mol. The summed E-state index contributed by atoms with van der Waals surface area (Å²) in [7, 11) is 0. The molecular formula is C13H14ClNO3. The molecule has 1 aromatic carbocycles. The number of hydrogen-bond acceptors (Lipinski definition) is 2. The van der Waals surface area contributed by atoms with Crippen LogP contribution in [0.5, 0.6) is 0 Å². The highest BCUT2D eigenvalue weighted by atomic mass is 35.5. The molecule has 1 aliphatic rings. The Hall–Kier alpha value is -1.55. The number of amides is 1. The van der Waals surface area contributed by atoms with Crippen LogP contribution in [0.1, 0.15) is 24.9 Å². The molecule has 0 saturated carbocycles. The predicted molar refractivity (Wildman–Crippen MR) is 67.3 cm³/mol. The van der Waals surface area contributed by atoms with E-state index in [0.717, 1.165) is 5.56 Å². The van der Waals surface area contributed by atoms with Gasteiger partial charge in [0.1, 0.15) is 0 Å². The third-order valence-electron chi connectivity index (χ3n) is 3.33. The Morgan fingerprint density at radius 1 is 1.44 bits per heavy atom. The fourth-order valence-corrected chi connectivity index (χ4v) is 2.32. The van der Waals surface area contributed by atoms with Crippen molar-refractivity contribution in [2.45, 2.75) is 19.4 Å². The highest BCUT2D eigenvalue weighted by Gasteiger charge is 2.36. The van der Waals surface area contributed by atoms with Crippen LogP contribution in [-0.2, 0) is 9.59 Å². The molecule has 2 atom stereocenters. The molecule has 1 fully saturated rings. The van der Waals surface area contributed by atoms with Gasteiger partial charge < -0.3 is 10.0 Å². The number of hydrogen-bond donors (Lipinski definition) is 1. The molecule has 0 bridgehead atoms. The average Bonchev–Trinajstić information content (AvgIpc) is 2.71. The van der Waals surface area contributed by atoms with Crippen LogP contribution in [0.4, 0.5) is 0 Å². The van der Waals surface area contributed by atoms with Crippen LogP contribution in [-0.4, -0.2) is 28.4 Å². The lowest BCUT2D eigenvalue weighted by Crippen LogP contribution is -2.29. The van der Waals surface area contributed by atoms with Gasteiger partial charge in [-0.3, -0.25) is 9.59 Å². The number of carboxylic acid groups (broad SMARTS) is 1. The first-order valence-electron chi connectivity index (χ1n) is 5.76. The number of nitrogens with zero attached hydrogens (tertiary/aromatic N) is 1. The second kappa shape index (κ2) is 4.98. The van der Waals surface area contributed by atoms with Crippen LogP contribution in [0.25, 0.3) is 0 Å². The minimum absolute atomic E-state index is 0.0905. The zero-order chi connectivity index (χ0) is 13.3. The number of rotatable bonds is 3. The topological polar surface area (TPSA) is 57.6 Å². The summed E-state index contributed by atoms with van der Waals surface area (Å²) in [5.74, 6) is -1.61. The highest BCUT2D eigenvalue weighted by molar-refractivity contribution is 6.30. The van der Waals surface area contributed by atoms with E-state index in [1.54, 1.807) is 17.0 Å². The molecule has 1 N–H and O–H groups in total. The Balaban J connectivity index is 2.14. The van der Waals surface area contributed by atoms with Gasteiger partial charge in [0, 0.05) is 18.0 Å². The van der Waals surface area contributed by atoms with Crippen molar-refractivity contribution in [3.63, 3.8) is 0 Å². The first-order valence-corrected chi connectivity index (χ1v) is 6.14. The highest BCUT2D eigenvalue weighted by Crippen LogP contribution is 2.29. The minimum Gasteiger partial charge on any atom is -0.481 e. The SMILES string of the molecule is C[C@@H](c1ccc(Cl)cc1)N1C[C@H](C(=O)O)CC1=O. The van der Waals surface area contributed by atoms with Gasteiger partial charge in [0.25, 0.3) is 0 Å². The molecule has 0 unspecified atom stereocenters. The number of halogens is 1. The molecule has 18 heavy (non-hydrogen) atoms. The molecular weight excluding hydrogens is 254 g/mol. The standard InChI is InChI=1S/C13H14ClNO3/c1-8(9-2-4-11(14)5-3-9)15-7-10(13(17)18)6-12(15)16/h2-5,8,10H,6-7H2,1H3,(H,17,18)/t8-,10+/m0/s1. The number of carbonyl (C=O) groups is 2. The molecule has 1 aromatic rings. The van der Waals surface area contributed by atoms with Gasteiger partial charge in [0.05, 0.1) is 12.0 Å². The summed E-state index contributed by atoms with van der Waals surface area (Å²) in [6, 6.07) is 7.12. The van der Waals surface area contributed by atoms with E-state index >= 15 is 0 Å². The Labute approximate surface area is 110 Å². The molecule has 1 saturated heterocycles. The third-order valence-corrected chi connectivity index (χ3v) is 3.58. The van der Waals surface area contributed by atoms with E-state index in [1.165, 1.54) is 0 Å². The molecule has 5 heteroatoms.